The molecule has 3 heteroatoms. The SMILES string of the molecule is CNCC(C)(C)OCCOC. The standard InChI is InChI=1S/C8H19NO2/c1-8(2,7-9-3)11-6-5-10-4/h9H,5-7H2,1-4H3. The Morgan fingerprint density at radius 2 is 1.91 bits per heavy atom. The van der Waals surface area contributed by atoms with Crippen molar-refractivity contribution in [3.05, 3.63) is 0 Å². The van der Waals surface area contributed by atoms with Crippen molar-refractivity contribution < 1.29 is 9.47 Å². The van der Waals surface area contributed by atoms with Crippen LogP contribution in [0.15, 0.2) is 0 Å². The van der Waals surface area contributed by atoms with Gasteiger partial charge in [0.25, 0.3) is 0 Å². The summed E-state index contributed by atoms with van der Waals surface area (Å²) >= 11 is 0. The van der Waals surface area contributed by atoms with Crippen LogP contribution < -0.4 is 5.32 Å². The molecule has 0 bridgehead atoms. The summed E-state index contributed by atoms with van der Waals surface area (Å²) in [5.41, 5.74) is -0.0900. The Labute approximate surface area is 69.1 Å². The molecule has 11 heavy (non-hydrogen) atoms. The van der Waals surface area contributed by atoms with Crippen molar-refractivity contribution in [2.75, 3.05) is 33.9 Å². The van der Waals surface area contributed by atoms with E-state index in [0.29, 0.717) is 13.2 Å². The second-order valence-corrected chi connectivity index (χ2v) is 3.13. The Morgan fingerprint density at radius 3 is 2.36 bits per heavy atom. The highest BCUT2D eigenvalue weighted by Gasteiger charge is 2.15. The predicted octanol–water partition coefficient (Wildman–Crippen LogP) is 0.647. The van der Waals surface area contributed by atoms with Crippen LogP contribution in [0, 0.1) is 0 Å². The number of rotatable bonds is 6. The largest absolute Gasteiger partial charge is 0.382 e. The van der Waals surface area contributed by atoms with Crippen LogP contribution >= 0.6 is 0 Å². The Hall–Kier alpha value is -0.120. The van der Waals surface area contributed by atoms with E-state index in [4.69, 9.17) is 9.47 Å². The molecule has 0 aromatic heterocycles. The van der Waals surface area contributed by atoms with Gasteiger partial charge in [-0.3, -0.25) is 0 Å². The molecule has 0 aliphatic rings. The van der Waals surface area contributed by atoms with E-state index in [2.05, 4.69) is 19.2 Å². The van der Waals surface area contributed by atoms with Crippen LogP contribution in [-0.2, 0) is 9.47 Å². The number of hydrogen-bond acceptors (Lipinski definition) is 3. The minimum absolute atomic E-state index is 0.0900. The van der Waals surface area contributed by atoms with Gasteiger partial charge in [-0.05, 0) is 20.9 Å². The lowest BCUT2D eigenvalue weighted by Crippen LogP contribution is -2.36. The van der Waals surface area contributed by atoms with Crippen LogP contribution in [0.3, 0.4) is 0 Å². The number of methoxy groups -OCH3 is 1. The zero-order valence-corrected chi connectivity index (χ0v) is 7.94. The lowest BCUT2D eigenvalue weighted by Gasteiger charge is -2.24. The maximum atomic E-state index is 5.52. The molecule has 0 saturated carbocycles. The van der Waals surface area contributed by atoms with E-state index in [1.54, 1.807) is 7.11 Å². The zero-order chi connectivity index (χ0) is 8.74. The predicted molar refractivity (Wildman–Crippen MR) is 45.8 cm³/mol. The minimum atomic E-state index is -0.0900. The molecule has 0 aromatic carbocycles. The molecule has 3 nitrogen and oxygen atoms in total. The molecule has 0 heterocycles. The van der Waals surface area contributed by atoms with Crippen molar-refractivity contribution in [1.29, 1.82) is 0 Å². The molecule has 1 N–H and O–H groups in total. The Bertz CT molecular complexity index is 94.1. The highest BCUT2D eigenvalue weighted by atomic mass is 16.5. The minimum Gasteiger partial charge on any atom is -0.382 e. The first-order valence-corrected chi connectivity index (χ1v) is 3.90. The summed E-state index contributed by atoms with van der Waals surface area (Å²) in [7, 11) is 3.59. The summed E-state index contributed by atoms with van der Waals surface area (Å²) in [4.78, 5) is 0. The molecular formula is C8H19NO2. The van der Waals surface area contributed by atoms with Gasteiger partial charge in [-0.2, -0.15) is 0 Å². The molecular weight excluding hydrogens is 142 g/mol. The first-order valence-electron chi connectivity index (χ1n) is 3.90. The fourth-order valence-electron chi connectivity index (χ4n) is 0.878. The van der Waals surface area contributed by atoms with Crippen LogP contribution in [0.5, 0.6) is 0 Å². The fourth-order valence-corrected chi connectivity index (χ4v) is 0.878. The number of ether oxygens (including phenoxy) is 2. The summed E-state index contributed by atoms with van der Waals surface area (Å²) in [5.74, 6) is 0. The molecule has 0 spiro atoms. The van der Waals surface area contributed by atoms with E-state index >= 15 is 0 Å². The van der Waals surface area contributed by atoms with E-state index in [-0.39, 0.29) is 5.60 Å². The normalized spacial score (nSPS) is 12.0. The van der Waals surface area contributed by atoms with Crippen molar-refractivity contribution in [3.63, 3.8) is 0 Å². The van der Waals surface area contributed by atoms with Gasteiger partial charge in [-0.1, -0.05) is 0 Å². The van der Waals surface area contributed by atoms with E-state index in [0.717, 1.165) is 6.54 Å². The van der Waals surface area contributed by atoms with Crippen molar-refractivity contribution in [2.24, 2.45) is 0 Å². The van der Waals surface area contributed by atoms with Gasteiger partial charge >= 0.3 is 0 Å². The Balaban J connectivity index is 3.38. The van der Waals surface area contributed by atoms with Gasteiger partial charge in [0.2, 0.25) is 0 Å². The topological polar surface area (TPSA) is 30.5 Å². The molecule has 0 aliphatic heterocycles. The first kappa shape index (κ1) is 10.9. The average molecular weight is 161 g/mol. The first-order chi connectivity index (χ1) is 5.12. The molecule has 0 aliphatic carbocycles. The zero-order valence-electron chi connectivity index (χ0n) is 7.94. The average Bonchev–Trinajstić information content (AvgIpc) is 1.87. The van der Waals surface area contributed by atoms with Gasteiger partial charge in [0, 0.05) is 13.7 Å². The van der Waals surface area contributed by atoms with E-state index in [1.807, 2.05) is 7.05 Å². The number of hydrogen-bond donors (Lipinski definition) is 1. The molecule has 0 fully saturated rings. The van der Waals surface area contributed by atoms with E-state index in [1.165, 1.54) is 0 Å². The molecule has 0 aromatic rings. The van der Waals surface area contributed by atoms with Gasteiger partial charge in [0.05, 0.1) is 18.8 Å². The monoisotopic (exact) mass is 161 g/mol. The summed E-state index contributed by atoms with van der Waals surface area (Å²) in [6.45, 7) is 6.29. The second-order valence-electron chi connectivity index (χ2n) is 3.13. The van der Waals surface area contributed by atoms with Crippen molar-refractivity contribution in [3.8, 4) is 0 Å². The highest BCUT2D eigenvalue weighted by Crippen LogP contribution is 2.06. The molecule has 0 radical (unpaired) electrons. The molecule has 0 unspecified atom stereocenters. The van der Waals surface area contributed by atoms with Gasteiger partial charge in [-0.15, -0.1) is 0 Å². The third-order valence-corrected chi connectivity index (χ3v) is 1.38. The summed E-state index contributed by atoms with van der Waals surface area (Å²) in [6.07, 6.45) is 0. The summed E-state index contributed by atoms with van der Waals surface area (Å²) < 4.78 is 10.4. The Morgan fingerprint density at radius 1 is 1.27 bits per heavy atom. The lowest BCUT2D eigenvalue weighted by atomic mass is 10.1. The maximum Gasteiger partial charge on any atom is 0.0751 e. The second kappa shape index (κ2) is 5.52. The van der Waals surface area contributed by atoms with Crippen molar-refractivity contribution in [1.82, 2.24) is 5.32 Å². The maximum absolute atomic E-state index is 5.52. The number of likely N-dealkylation sites (N-methyl/N-ethyl adjacent to an activating group) is 1. The van der Waals surface area contributed by atoms with Crippen LogP contribution in [0.4, 0.5) is 0 Å². The van der Waals surface area contributed by atoms with Gasteiger partial charge in [-0.25, -0.2) is 0 Å². The molecule has 0 rings (SSSR count). The smallest absolute Gasteiger partial charge is 0.0751 e. The molecule has 68 valence electrons. The summed E-state index contributed by atoms with van der Waals surface area (Å²) in [5, 5.41) is 3.07. The van der Waals surface area contributed by atoms with Crippen LogP contribution in [0.1, 0.15) is 13.8 Å². The van der Waals surface area contributed by atoms with E-state index in [9.17, 15) is 0 Å². The van der Waals surface area contributed by atoms with E-state index < -0.39 is 0 Å². The fraction of sp³-hybridized carbons (Fsp3) is 1.00. The van der Waals surface area contributed by atoms with Crippen molar-refractivity contribution >= 4 is 0 Å². The van der Waals surface area contributed by atoms with Crippen LogP contribution in [0.25, 0.3) is 0 Å². The molecule has 0 atom stereocenters. The molecule has 0 amide bonds. The van der Waals surface area contributed by atoms with Crippen LogP contribution in [0.2, 0.25) is 0 Å². The molecule has 0 saturated heterocycles. The Kier molecular flexibility index (Phi) is 5.46. The van der Waals surface area contributed by atoms with Gasteiger partial charge in [0.1, 0.15) is 0 Å². The summed E-state index contributed by atoms with van der Waals surface area (Å²) in [6, 6.07) is 0. The van der Waals surface area contributed by atoms with Gasteiger partial charge in [0.15, 0.2) is 0 Å². The van der Waals surface area contributed by atoms with Gasteiger partial charge < -0.3 is 14.8 Å². The number of nitrogens with one attached hydrogen (secondary N) is 1. The lowest BCUT2D eigenvalue weighted by molar-refractivity contribution is -0.0368. The third-order valence-electron chi connectivity index (χ3n) is 1.38. The third kappa shape index (κ3) is 6.28. The highest BCUT2D eigenvalue weighted by molar-refractivity contribution is 4.70. The quantitative estimate of drug-likeness (QED) is 0.580. The van der Waals surface area contributed by atoms with Crippen molar-refractivity contribution in [2.45, 2.75) is 19.4 Å². The van der Waals surface area contributed by atoms with Crippen LogP contribution in [-0.4, -0.2) is 39.5 Å².